The van der Waals surface area contributed by atoms with Crippen LogP contribution >= 0.6 is 11.3 Å². The summed E-state index contributed by atoms with van der Waals surface area (Å²) in [6.45, 7) is 12.0. The van der Waals surface area contributed by atoms with Crippen LogP contribution in [0.15, 0.2) is 86.3 Å². The number of benzene rings is 2. The second kappa shape index (κ2) is 6.11. The van der Waals surface area contributed by atoms with Gasteiger partial charge >= 0.3 is 0 Å². The average Bonchev–Trinajstić information content (AvgIpc) is 3.04. The maximum absolute atomic E-state index is 4.51. The standard InChI is InChI=1S/C22H16N2S/c1-4-5-8-14(2)15(3)20-19-18-12-11-16-9-6-7-10-17(16)21(18)25-22(19)24-13-23-20/h4-13H,1-3H2/b8-5-. The minimum absolute atomic E-state index is 0.804. The quantitative estimate of drug-likeness (QED) is 0.407. The Labute approximate surface area is 150 Å². The van der Waals surface area contributed by atoms with E-state index in [1.165, 1.54) is 15.5 Å². The molecule has 0 fully saturated rings. The van der Waals surface area contributed by atoms with Crippen LogP contribution in [-0.2, 0) is 0 Å². The van der Waals surface area contributed by atoms with Crippen LogP contribution < -0.4 is 0 Å². The number of rotatable bonds is 4. The Kier molecular flexibility index (Phi) is 3.79. The second-order valence-electron chi connectivity index (χ2n) is 5.77. The van der Waals surface area contributed by atoms with Gasteiger partial charge in [0, 0.05) is 21.0 Å². The summed E-state index contributed by atoms with van der Waals surface area (Å²) in [7, 11) is 0. The van der Waals surface area contributed by atoms with Crippen LogP contribution in [0.25, 0.3) is 36.6 Å². The van der Waals surface area contributed by atoms with Gasteiger partial charge in [-0.15, -0.1) is 11.3 Å². The van der Waals surface area contributed by atoms with Gasteiger partial charge in [0.2, 0.25) is 0 Å². The average molecular weight is 340 g/mol. The Morgan fingerprint density at radius 2 is 1.84 bits per heavy atom. The molecule has 0 amide bonds. The molecule has 0 aliphatic heterocycles. The summed E-state index contributed by atoms with van der Waals surface area (Å²) in [5, 5.41) is 4.68. The van der Waals surface area contributed by atoms with Crippen molar-refractivity contribution in [2.45, 2.75) is 0 Å². The number of aromatic nitrogens is 2. The first-order valence-corrected chi connectivity index (χ1v) is 8.75. The maximum atomic E-state index is 4.51. The number of hydrogen-bond donors (Lipinski definition) is 0. The molecular weight excluding hydrogens is 324 g/mol. The van der Waals surface area contributed by atoms with Crippen LogP contribution in [0.4, 0.5) is 0 Å². The Hall–Kier alpha value is -3.04. The van der Waals surface area contributed by atoms with Gasteiger partial charge in [-0.05, 0) is 16.3 Å². The highest BCUT2D eigenvalue weighted by atomic mass is 32.1. The molecule has 25 heavy (non-hydrogen) atoms. The van der Waals surface area contributed by atoms with E-state index in [0.717, 1.165) is 32.4 Å². The third-order valence-electron chi connectivity index (χ3n) is 4.27. The van der Waals surface area contributed by atoms with Crippen molar-refractivity contribution in [3.05, 3.63) is 92.0 Å². The van der Waals surface area contributed by atoms with E-state index in [0.29, 0.717) is 0 Å². The summed E-state index contributed by atoms with van der Waals surface area (Å²) >= 11 is 1.70. The van der Waals surface area contributed by atoms with Gasteiger partial charge in [-0.25, -0.2) is 9.97 Å². The highest BCUT2D eigenvalue weighted by Gasteiger charge is 2.15. The predicted octanol–water partition coefficient (Wildman–Crippen LogP) is 6.31. The fourth-order valence-electron chi connectivity index (χ4n) is 3.00. The zero-order valence-electron chi connectivity index (χ0n) is 13.7. The highest BCUT2D eigenvalue weighted by molar-refractivity contribution is 7.26. The first-order chi connectivity index (χ1) is 12.2. The number of hydrogen-bond acceptors (Lipinski definition) is 3. The zero-order chi connectivity index (χ0) is 17.4. The minimum atomic E-state index is 0.804. The summed E-state index contributed by atoms with van der Waals surface area (Å²) in [6, 6.07) is 12.7. The summed E-state index contributed by atoms with van der Waals surface area (Å²) in [6.07, 6.45) is 7.07. The maximum Gasteiger partial charge on any atom is 0.128 e. The Balaban J connectivity index is 2.02. The smallest absolute Gasteiger partial charge is 0.128 e. The van der Waals surface area contributed by atoms with E-state index in [1.807, 2.05) is 12.2 Å². The van der Waals surface area contributed by atoms with Crippen LogP contribution in [0, 0.1) is 0 Å². The normalized spacial score (nSPS) is 11.5. The van der Waals surface area contributed by atoms with Gasteiger partial charge in [0.25, 0.3) is 0 Å². The van der Waals surface area contributed by atoms with E-state index in [1.54, 1.807) is 23.7 Å². The van der Waals surface area contributed by atoms with Gasteiger partial charge in [0.05, 0.1) is 5.69 Å². The van der Waals surface area contributed by atoms with Gasteiger partial charge in [-0.3, -0.25) is 0 Å². The molecule has 2 aromatic heterocycles. The molecular formula is C22H16N2S. The molecule has 0 aliphatic carbocycles. The predicted molar refractivity (Wildman–Crippen MR) is 110 cm³/mol. The van der Waals surface area contributed by atoms with Crippen molar-refractivity contribution in [3.63, 3.8) is 0 Å². The molecule has 0 saturated carbocycles. The molecule has 0 N–H and O–H groups in total. The summed E-state index contributed by atoms with van der Waals surface area (Å²) in [5.74, 6) is 0. The fourth-order valence-corrected chi connectivity index (χ4v) is 4.18. The van der Waals surface area contributed by atoms with Crippen LogP contribution in [0.2, 0.25) is 0 Å². The van der Waals surface area contributed by atoms with E-state index in [9.17, 15) is 0 Å². The van der Waals surface area contributed by atoms with E-state index in [-0.39, 0.29) is 0 Å². The molecule has 0 saturated heterocycles. The van der Waals surface area contributed by atoms with Crippen molar-refractivity contribution in [2.24, 2.45) is 0 Å². The van der Waals surface area contributed by atoms with E-state index >= 15 is 0 Å². The van der Waals surface area contributed by atoms with Crippen molar-refractivity contribution >= 4 is 48.0 Å². The van der Waals surface area contributed by atoms with Gasteiger partial charge in [-0.2, -0.15) is 0 Å². The van der Waals surface area contributed by atoms with Crippen molar-refractivity contribution in [1.82, 2.24) is 9.97 Å². The van der Waals surface area contributed by atoms with E-state index in [2.05, 4.69) is 66.1 Å². The molecule has 4 aromatic rings. The van der Waals surface area contributed by atoms with E-state index < -0.39 is 0 Å². The lowest BCUT2D eigenvalue weighted by atomic mass is 10.0. The number of thiophene rings is 1. The van der Waals surface area contributed by atoms with Crippen molar-refractivity contribution in [3.8, 4) is 0 Å². The molecule has 120 valence electrons. The molecule has 0 bridgehead atoms. The molecule has 0 radical (unpaired) electrons. The molecule has 0 unspecified atom stereocenters. The van der Waals surface area contributed by atoms with Crippen molar-refractivity contribution < 1.29 is 0 Å². The lowest BCUT2D eigenvalue weighted by molar-refractivity contribution is 1.21. The minimum Gasteiger partial charge on any atom is -0.236 e. The van der Waals surface area contributed by atoms with Gasteiger partial charge in [0.15, 0.2) is 0 Å². The lowest BCUT2D eigenvalue weighted by Gasteiger charge is -2.07. The molecule has 4 rings (SSSR count). The highest BCUT2D eigenvalue weighted by Crippen LogP contribution is 2.40. The summed E-state index contributed by atoms with van der Waals surface area (Å²) < 4.78 is 1.23. The fraction of sp³-hybridized carbons (Fsp3) is 0. The van der Waals surface area contributed by atoms with Crippen molar-refractivity contribution in [2.75, 3.05) is 0 Å². The third kappa shape index (κ3) is 2.49. The monoisotopic (exact) mass is 340 g/mol. The molecule has 0 spiro atoms. The molecule has 2 heterocycles. The lowest BCUT2D eigenvalue weighted by Crippen LogP contribution is -1.92. The SMILES string of the molecule is C=C/C=C\C(=C)C(=C)c1ncnc2sc3c4ccccc4ccc3c12. The Bertz CT molecular complexity index is 1190. The first-order valence-electron chi connectivity index (χ1n) is 7.93. The summed E-state index contributed by atoms with van der Waals surface area (Å²) in [4.78, 5) is 9.98. The largest absolute Gasteiger partial charge is 0.236 e. The molecule has 0 aliphatic rings. The topological polar surface area (TPSA) is 25.8 Å². The van der Waals surface area contributed by atoms with Gasteiger partial charge in [0.1, 0.15) is 11.2 Å². The number of allylic oxidation sites excluding steroid dienone is 5. The van der Waals surface area contributed by atoms with Crippen molar-refractivity contribution in [1.29, 1.82) is 0 Å². The third-order valence-corrected chi connectivity index (χ3v) is 5.41. The van der Waals surface area contributed by atoms with E-state index in [4.69, 9.17) is 0 Å². The number of nitrogens with zero attached hydrogens (tertiary/aromatic N) is 2. The molecule has 2 aromatic carbocycles. The number of fused-ring (bicyclic) bond motifs is 5. The van der Waals surface area contributed by atoms with Crippen LogP contribution in [-0.4, -0.2) is 9.97 Å². The molecule has 0 atom stereocenters. The molecule has 2 nitrogen and oxygen atoms in total. The Morgan fingerprint density at radius 3 is 2.68 bits per heavy atom. The van der Waals surface area contributed by atoms with Crippen LogP contribution in [0.1, 0.15) is 5.69 Å². The van der Waals surface area contributed by atoms with Gasteiger partial charge in [-0.1, -0.05) is 74.4 Å². The zero-order valence-corrected chi connectivity index (χ0v) is 14.5. The second-order valence-corrected chi connectivity index (χ2v) is 6.77. The Morgan fingerprint density at radius 1 is 1.00 bits per heavy atom. The molecule has 3 heteroatoms. The van der Waals surface area contributed by atoms with Crippen LogP contribution in [0.5, 0.6) is 0 Å². The first kappa shape index (κ1) is 15.5. The van der Waals surface area contributed by atoms with Crippen LogP contribution in [0.3, 0.4) is 0 Å². The summed E-state index contributed by atoms with van der Waals surface area (Å²) in [5.41, 5.74) is 2.46. The van der Waals surface area contributed by atoms with Gasteiger partial charge < -0.3 is 0 Å².